The number of hydrogen-bond acceptors (Lipinski definition) is 4. The summed E-state index contributed by atoms with van der Waals surface area (Å²) in [5, 5.41) is 5.63. The third-order valence-electron chi connectivity index (χ3n) is 3.15. The van der Waals surface area contributed by atoms with E-state index < -0.39 is 18.0 Å². The molecular formula is C10H16N4O3. The zero-order chi connectivity index (χ0) is 12.4. The number of nitrogens with zero attached hydrogens (tertiary/aromatic N) is 1. The van der Waals surface area contributed by atoms with Crippen LogP contribution in [0.2, 0.25) is 0 Å². The lowest BCUT2D eigenvalue weighted by Crippen LogP contribution is -2.61. The highest BCUT2D eigenvalue weighted by atomic mass is 16.2. The van der Waals surface area contributed by atoms with Crippen molar-refractivity contribution in [3.63, 3.8) is 0 Å². The van der Waals surface area contributed by atoms with Crippen molar-refractivity contribution in [1.82, 2.24) is 15.5 Å². The molecule has 2 atom stereocenters. The number of rotatable bonds is 2. The number of amides is 3. The number of hydrogen-bond donors (Lipinski definition) is 3. The summed E-state index contributed by atoms with van der Waals surface area (Å²) in [5.74, 6) is -0.842. The lowest BCUT2D eigenvalue weighted by atomic mass is 10.1. The molecule has 0 aliphatic carbocycles. The maximum absolute atomic E-state index is 12.1. The Kier molecular flexibility index (Phi) is 3.28. The molecule has 0 bridgehead atoms. The van der Waals surface area contributed by atoms with Crippen molar-refractivity contribution in [3.8, 4) is 0 Å². The van der Waals surface area contributed by atoms with Crippen molar-refractivity contribution >= 4 is 17.7 Å². The van der Waals surface area contributed by atoms with E-state index in [9.17, 15) is 14.4 Å². The average Bonchev–Trinajstić information content (AvgIpc) is 2.75. The smallest absolute Gasteiger partial charge is 0.245 e. The number of carbonyl (C=O) groups is 3. The highest BCUT2D eigenvalue weighted by Gasteiger charge is 2.36. The molecule has 0 saturated carbocycles. The van der Waals surface area contributed by atoms with E-state index in [0.29, 0.717) is 32.5 Å². The predicted molar refractivity (Wildman–Crippen MR) is 58.7 cm³/mol. The first-order valence-electron chi connectivity index (χ1n) is 5.69. The number of primary amides is 1. The SMILES string of the molecule is NC(=O)C1CNCCN1C(=O)[C@@H]1CCC(=O)N1. The van der Waals surface area contributed by atoms with Crippen LogP contribution in [0.5, 0.6) is 0 Å². The van der Waals surface area contributed by atoms with Crippen LogP contribution in [0.3, 0.4) is 0 Å². The van der Waals surface area contributed by atoms with Gasteiger partial charge in [-0.2, -0.15) is 0 Å². The summed E-state index contributed by atoms with van der Waals surface area (Å²) in [6, 6.07) is -1.11. The molecule has 2 rings (SSSR count). The minimum atomic E-state index is -0.617. The first-order valence-corrected chi connectivity index (χ1v) is 5.69. The zero-order valence-corrected chi connectivity index (χ0v) is 9.44. The summed E-state index contributed by atoms with van der Waals surface area (Å²) in [6.45, 7) is 1.46. The quantitative estimate of drug-likeness (QED) is 0.498. The Morgan fingerprint density at radius 3 is 2.76 bits per heavy atom. The van der Waals surface area contributed by atoms with Gasteiger partial charge in [-0.25, -0.2) is 0 Å². The van der Waals surface area contributed by atoms with Gasteiger partial charge in [0.25, 0.3) is 0 Å². The van der Waals surface area contributed by atoms with E-state index in [-0.39, 0.29) is 11.8 Å². The second kappa shape index (κ2) is 4.70. The van der Waals surface area contributed by atoms with Crippen LogP contribution in [0.4, 0.5) is 0 Å². The van der Waals surface area contributed by atoms with Crippen LogP contribution < -0.4 is 16.4 Å². The topological polar surface area (TPSA) is 105 Å². The normalized spacial score (nSPS) is 28.9. The molecular weight excluding hydrogens is 224 g/mol. The third kappa shape index (κ3) is 2.38. The molecule has 0 radical (unpaired) electrons. The van der Waals surface area contributed by atoms with Crippen molar-refractivity contribution in [2.75, 3.05) is 19.6 Å². The van der Waals surface area contributed by atoms with Crippen molar-refractivity contribution in [2.24, 2.45) is 5.73 Å². The van der Waals surface area contributed by atoms with E-state index in [1.165, 1.54) is 4.90 Å². The monoisotopic (exact) mass is 240 g/mol. The fourth-order valence-corrected chi connectivity index (χ4v) is 2.22. The first kappa shape index (κ1) is 11.8. The molecule has 2 heterocycles. The highest BCUT2D eigenvalue weighted by molar-refractivity contribution is 5.93. The van der Waals surface area contributed by atoms with Gasteiger partial charge in [-0.15, -0.1) is 0 Å². The maximum atomic E-state index is 12.1. The molecule has 7 nitrogen and oxygen atoms in total. The summed E-state index contributed by atoms with van der Waals surface area (Å²) in [4.78, 5) is 35.9. The van der Waals surface area contributed by atoms with Crippen molar-refractivity contribution in [1.29, 1.82) is 0 Å². The van der Waals surface area contributed by atoms with Gasteiger partial charge in [-0.1, -0.05) is 0 Å². The molecule has 0 aromatic carbocycles. The van der Waals surface area contributed by atoms with E-state index in [0.717, 1.165) is 0 Å². The van der Waals surface area contributed by atoms with E-state index in [1.54, 1.807) is 0 Å². The number of nitrogens with one attached hydrogen (secondary N) is 2. The molecule has 2 aliphatic rings. The summed E-state index contributed by atoms with van der Waals surface area (Å²) in [7, 11) is 0. The highest BCUT2D eigenvalue weighted by Crippen LogP contribution is 2.13. The number of nitrogens with two attached hydrogens (primary N) is 1. The Morgan fingerprint density at radius 1 is 1.41 bits per heavy atom. The molecule has 2 fully saturated rings. The fourth-order valence-electron chi connectivity index (χ4n) is 2.22. The fraction of sp³-hybridized carbons (Fsp3) is 0.700. The Balaban J connectivity index is 2.06. The van der Waals surface area contributed by atoms with Crippen LogP contribution >= 0.6 is 0 Å². The minimum absolute atomic E-state index is 0.117. The standard InChI is InChI=1S/C10H16N4O3/c11-9(16)7-5-12-3-4-14(7)10(17)6-1-2-8(15)13-6/h6-7,12H,1-5H2,(H2,11,16)(H,13,15)/t6-,7?/m0/s1. The maximum Gasteiger partial charge on any atom is 0.245 e. The van der Waals surface area contributed by atoms with Gasteiger partial charge >= 0.3 is 0 Å². The van der Waals surface area contributed by atoms with E-state index >= 15 is 0 Å². The average molecular weight is 240 g/mol. The van der Waals surface area contributed by atoms with Gasteiger partial charge in [0.2, 0.25) is 17.7 Å². The second-order valence-corrected chi connectivity index (χ2v) is 4.31. The van der Waals surface area contributed by atoms with Crippen LogP contribution in [-0.4, -0.2) is 54.3 Å². The Hall–Kier alpha value is -1.63. The second-order valence-electron chi connectivity index (χ2n) is 4.31. The largest absolute Gasteiger partial charge is 0.368 e. The van der Waals surface area contributed by atoms with Crippen LogP contribution in [0.15, 0.2) is 0 Å². The van der Waals surface area contributed by atoms with Crippen molar-refractivity contribution in [3.05, 3.63) is 0 Å². The molecule has 1 unspecified atom stereocenters. The van der Waals surface area contributed by atoms with E-state index in [4.69, 9.17) is 5.73 Å². The third-order valence-corrected chi connectivity index (χ3v) is 3.15. The molecule has 0 spiro atoms. The first-order chi connectivity index (χ1) is 8.09. The Labute approximate surface area is 98.7 Å². The summed E-state index contributed by atoms with van der Waals surface area (Å²) in [5.41, 5.74) is 5.26. The van der Waals surface area contributed by atoms with Gasteiger partial charge in [-0.3, -0.25) is 14.4 Å². The Bertz CT molecular complexity index is 357. The number of piperazine rings is 1. The van der Waals surface area contributed by atoms with Gasteiger partial charge < -0.3 is 21.3 Å². The molecule has 2 aliphatic heterocycles. The van der Waals surface area contributed by atoms with E-state index in [1.807, 2.05) is 0 Å². The van der Waals surface area contributed by atoms with Crippen LogP contribution in [0, 0.1) is 0 Å². The van der Waals surface area contributed by atoms with E-state index in [2.05, 4.69) is 10.6 Å². The molecule has 7 heteroatoms. The van der Waals surface area contributed by atoms with Crippen molar-refractivity contribution in [2.45, 2.75) is 24.9 Å². The molecule has 3 amide bonds. The molecule has 0 aromatic heterocycles. The van der Waals surface area contributed by atoms with Gasteiger partial charge in [0.1, 0.15) is 12.1 Å². The van der Waals surface area contributed by atoms with Gasteiger partial charge in [0.05, 0.1) is 0 Å². The predicted octanol–water partition coefficient (Wildman–Crippen LogP) is -2.45. The van der Waals surface area contributed by atoms with Gasteiger partial charge in [0.15, 0.2) is 0 Å². The summed E-state index contributed by atoms with van der Waals surface area (Å²) >= 11 is 0. The zero-order valence-electron chi connectivity index (χ0n) is 9.44. The number of carbonyl (C=O) groups excluding carboxylic acids is 3. The molecule has 17 heavy (non-hydrogen) atoms. The molecule has 4 N–H and O–H groups in total. The van der Waals surface area contributed by atoms with Gasteiger partial charge in [-0.05, 0) is 6.42 Å². The minimum Gasteiger partial charge on any atom is -0.368 e. The molecule has 0 aromatic rings. The lowest BCUT2D eigenvalue weighted by molar-refractivity contribution is -0.142. The van der Waals surface area contributed by atoms with Crippen LogP contribution in [0.1, 0.15) is 12.8 Å². The van der Waals surface area contributed by atoms with Crippen molar-refractivity contribution < 1.29 is 14.4 Å². The molecule has 2 saturated heterocycles. The summed E-state index contributed by atoms with van der Waals surface area (Å²) < 4.78 is 0. The van der Waals surface area contributed by atoms with Crippen LogP contribution in [-0.2, 0) is 14.4 Å². The lowest BCUT2D eigenvalue weighted by Gasteiger charge is -2.35. The molecule has 94 valence electrons. The van der Waals surface area contributed by atoms with Gasteiger partial charge in [0, 0.05) is 26.1 Å². The Morgan fingerprint density at radius 2 is 2.18 bits per heavy atom. The summed E-state index contributed by atoms with van der Waals surface area (Å²) in [6.07, 6.45) is 0.858. The van der Waals surface area contributed by atoms with Crippen LogP contribution in [0.25, 0.3) is 0 Å².